The third-order valence-electron chi connectivity index (χ3n) is 2.21. The maximum atomic E-state index is 11.1. The van der Waals surface area contributed by atoms with Crippen LogP contribution in [0.2, 0.25) is 0 Å². The van der Waals surface area contributed by atoms with Gasteiger partial charge in [-0.25, -0.2) is 4.79 Å². The molecule has 0 aliphatic heterocycles. The lowest BCUT2D eigenvalue weighted by Crippen LogP contribution is -2.25. The van der Waals surface area contributed by atoms with E-state index in [1.165, 1.54) is 18.3 Å². The van der Waals surface area contributed by atoms with Crippen molar-refractivity contribution in [1.82, 2.24) is 5.32 Å². The highest BCUT2D eigenvalue weighted by Crippen LogP contribution is 2.33. The topological polar surface area (TPSA) is 75.6 Å². The van der Waals surface area contributed by atoms with E-state index < -0.39 is 5.97 Å². The SMILES string of the molecule is CC(=O)NCCOc1cc(C(C)C)sc1C(=O)O. The van der Waals surface area contributed by atoms with Crippen molar-refractivity contribution in [2.24, 2.45) is 0 Å². The largest absolute Gasteiger partial charge is 0.490 e. The van der Waals surface area contributed by atoms with Crippen LogP contribution in [0.3, 0.4) is 0 Å². The Morgan fingerprint density at radius 3 is 2.67 bits per heavy atom. The quantitative estimate of drug-likeness (QED) is 0.777. The van der Waals surface area contributed by atoms with Gasteiger partial charge in [0.25, 0.3) is 0 Å². The summed E-state index contributed by atoms with van der Waals surface area (Å²) < 4.78 is 5.39. The molecule has 1 heterocycles. The minimum Gasteiger partial charge on any atom is -0.490 e. The molecule has 2 N–H and O–H groups in total. The molecule has 0 saturated heterocycles. The Hall–Kier alpha value is -1.56. The molecule has 1 aromatic rings. The smallest absolute Gasteiger partial charge is 0.349 e. The number of aromatic carboxylic acids is 1. The molecule has 6 heteroatoms. The lowest BCUT2D eigenvalue weighted by Gasteiger charge is -2.05. The predicted molar refractivity (Wildman–Crippen MR) is 69.5 cm³/mol. The average Bonchev–Trinajstić information content (AvgIpc) is 2.68. The number of rotatable bonds is 6. The lowest BCUT2D eigenvalue weighted by atomic mass is 10.2. The number of hydrogen-bond acceptors (Lipinski definition) is 4. The number of ether oxygens (including phenoxy) is 1. The Morgan fingerprint density at radius 2 is 2.17 bits per heavy atom. The van der Waals surface area contributed by atoms with E-state index in [2.05, 4.69) is 5.32 Å². The summed E-state index contributed by atoms with van der Waals surface area (Å²) in [6.07, 6.45) is 0. The van der Waals surface area contributed by atoms with E-state index >= 15 is 0 Å². The maximum absolute atomic E-state index is 11.1. The third-order valence-corrected chi connectivity index (χ3v) is 3.62. The van der Waals surface area contributed by atoms with Gasteiger partial charge in [0.05, 0.1) is 6.54 Å². The van der Waals surface area contributed by atoms with Crippen LogP contribution in [0.5, 0.6) is 5.75 Å². The van der Waals surface area contributed by atoms with Gasteiger partial charge in [-0.1, -0.05) is 13.8 Å². The van der Waals surface area contributed by atoms with Gasteiger partial charge in [0, 0.05) is 11.8 Å². The van der Waals surface area contributed by atoms with Crippen LogP contribution in [-0.4, -0.2) is 30.1 Å². The summed E-state index contributed by atoms with van der Waals surface area (Å²) in [5.74, 6) is -0.478. The molecule has 1 amide bonds. The second-order valence-corrected chi connectivity index (χ2v) is 5.22. The van der Waals surface area contributed by atoms with Crippen LogP contribution in [0.15, 0.2) is 6.07 Å². The highest BCUT2D eigenvalue weighted by molar-refractivity contribution is 7.14. The van der Waals surface area contributed by atoms with E-state index in [1.54, 1.807) is 6.07 Å². The van der Waals surface area contributed by atoms with Crippen molar-refractivity contribution in [3.63, 3.8) is 0 Å². The van der Waals surface area contributed by atoms with Gasteiger partial charge in [-0.3, -0.25) is 4.79 Å². The first kappa shape index (κ1) is 14.5. The van der Waals surface area contributed by atoms with Crippen molar-refractivity contribution in [1.29, 1.82) is 0 Å². The van der Waals surface area contributed by atoms with Crippen LogP contribution < -0.4 is 10.1 Å². The van der Waals surface area contributed by atoms with Crippen LogP contribution in [0.25, 0.3) is 0 Å². The van der Waals surface area contributed by atoms with Crippen LogP contribution in [0.1, 0.15) is 41.2 Å². The normalized spacial score (nSPS) is 10.4. The van der Waals surface area contributed by atoms with E-state index in [0.29, 0.717) is 12.3 Å². The zero-order chi connectivity index (χ0) is 13.7. The van der Waals surface area contributed by atoms with Gasteiger partial charge in [-0.15, -0.1) is 11.3 Å². The molecule has 0 aliphatic carbocycles. The molecule has 0 unspecified atom stereocenters. The summed E-state index contributed by atoms with van der Waals surface area (Å²) in [7, 11) is 0. The van der Waals surface area contributed by atoms with Gasteiger partial charge in [0.15, 0.2) is 4.88 Å². The molecule has 1 rings (SSSR count). The summed E-state index contributed by atoms with van der Waals surface area (Å²) in [5.41, 5.74) is 0. The Balaban J connectivity index is 2.68. The molecular weight excluding hydrogens is 254 g/mol. The van der Waals surface area contributed by atoms with Crippen LogP contribution in [-0.2, 0) is 4.79 Å². The molecule has 0 aliphatic rings. The Labute approximate surface area is 110 Å². The number of carboxylic acid groups (broad SMARTS) is 1. The van der Waals surface area contributed by atoms with Gasteiger partial charge in [-0.05, 0) is 12.0 Å². The minimum absolute atomic E-state index is 0.134. The van der Waals surface area contributed by atoms with Crippen molar-refractivity contribution in [3.8, 4) is 5.75 Å². The molecule has 0 spiro atoms. The fourth-order valence-electron chi connectivity index (χ4n) is 1.32. The number of carbonyl (C=O) groups is 2. The van der Waals surface area contributed by atoms with E-state index in [9.17, 15) is 9.59 Å². The highest BCUT2D eigenvalue weighted by Gasteiger charge is 2.18. The van der Waals surface area contributed by atoms with E-state index in [0.717, 1.165) is 4.88 Å². The molecule has 5 nitrogen and oxygen atoms in total. The third kappa shape index (κ3) is 4.03. The van der Waals surface area contributed by atoms with E-state index in [4.69, 9.17) is 9.84 Å². The van der Waals surface area contributed by atoms with Crippen molar-refractivity contribution in [2.75, 3.05) is 13.2 Å². The molecule has 18 heavy (non-hydrogen) atoms. The van der Waals surface area contributed by atoms with Crippen molar-refractivity contribution < 1.29 is 19.4 Å². The summed E-state index contributed by atoms with van der Waals surface area (Å²) in [4.78, 5) is 22.9. The summed E-state index contributed by atoms with van der Waals surface area (Å²) in [6.45, 7) is 6.04. The Kier molecular flexibility index (Phi) is 5.15. The molecule has 100 valence electrons. The second-order valence-electron chi connectivity index (χ2n) is 4.13. The fourth-order valence-corrected chi connectivity index (χ4v) is 2.26. The van der Waals surface area contributed by atoms with Crippen LogP contribution in [0, 0.1) is 0 Å². The highest BCUT2D eigenvalue weighted by atomic mass is 32.1. The molecule has 0 atom stereocenters. The van der Waals surface area contributed by atoms with Gasteiger partial charge >= 0.3 is 5.97 Å². The molecule has 0 saturated carbocycles. The predicted octanol–water partition coefficient (Wildman–Crippen LogP) is 2.08. The Bertz CT molecular complexity index is 439. The standard InChI is InChI=1S/C12H17NO4S/c1-7(2)10-6-9(11(18-10)12(15)16)17-5-4-13-8(3)14/h6-7H,4-5H2,1-3H3,(H,13,14)(H,15,16). The molecular formula is C12H17NO4S. The van der Waals surface area contributed by atoms with Gasteiger partial charge < -0.3 is 15.2 Å². The average molecular weight is 271 g/mol. The van der Waals surface area contributed by atoms with Crippen molar-refractivity contribution >= 4 is 23.2 Å². The minimum atomic E-state index is -0.985. The van der Waals surface area contributed by atoms with Gasteiger partial charge in [-0.2, -0.15) is 0 Å². The first-order valence-corrected chi connectivity index (χ1v) is 6.47. The monoisotopic (exact) mass is 271 g/mol. The van der Waals surface area contributed by atoms with Crippen LogP contribution >= 0.6 is 11.3 Å². The summed E-state index contributed by atoms with van der Waals surface area (Å²) in [6, 6.07) is 1.76. The number of thiophene rings is 1. The number of nitrogens with one attached hydrogen (secondary N) is 1. The molecule has 0 radical (unpaired) electrons. The van der Waals surface area contributed by atoms with Crippen molar-refractivity contribution in [3.05, 3.63) is 15.8 Å². The number of carbonyl (C=O) groups excluding carboxylic acids is 1. The lowest BCUT2D eigenvalue weighted by molar-refractivity contribution is -0.119. The Morgan fingerprint density at radius 1 is 1.50 bits per heavy atom. The number of hydrogen-bond donors (Lipinski definition) is 2. The maximum Gasteiger partial charge on any atom is 0.349 e. The molecule has 1 aromatic heterocycles. The fraction of sp³-hybridized carbons (Fsp3) is 0.500. The second kappa shape index (κ2) is 6.39. The summed E-state index contributed by atoms with van der Waals surface area (Å²) in [5, 5.41) is 11.7. The van der Waals surface area contributed by atoms with Gasteiger partial charge in [0.1, 0.15) is 12.4 Å². The molecule has 0 aromatic carbocycles. The van der Waals surface area contributed by atoms with E-state index in [-0.39, 0.29) is 23.3 Å². The summed E-state index contributed by atoms with van der Waals surface area (Å²) >= 11 is 1.23. The number of carboxylic acids is 1. The first-order chi connectivity index (χ1) is 8.41. The molecule has 0 bridgehead atoms. The molecule has 0 fully saturated rings. The first-order valence-electron chi connectivity index (χ1n) is 5.66. The van der Waals surface area contributed by atoms with Crippen LogP contribution in [0.4, 0.5) is 0 Å². The zero-order valence-electron chi connectivity index (χ0n) is 10.6. The van der Waals surface area contributed by atoms with E-state index in [1.807, 2.05) is 13.8 Å². The van der Waals surface area contributed by atoms with Crippen molar-refractivity contribution in [2.45, 2.75) is 26.7 Å². The zero-order valence-corrected chi connectivity index (χ0v) is 11.5. The van der Waals surface area contributed by atoms with Gasteiger partial charge in [0.2, 0.25) is 5.91 Å². The number of amides is 1.